The summed E-state index contributed by atoms with van der Waals surface area (Å²) in [5, 5.41) is 0. The molecule has 1 amide bonds. The first-order valence-electron chi connectivity index (χ1n) is 8.70. The molecule has 0 saturated carbocycles. The zero-order valence-corrected chi connectivity index (χ0v) is 16.2. The molecule has 0 unspecified atom stereocenters. The van der Waals surface area contributed by atoms with Gasteiger partial charge < -0.3 is 4.90 Å². The summed E-state index contributed by atoms with van der Waals surface area (Å²) >= 11 is 3.02. The van der Waals surface area contributed by atoms with E-state index in [2.05, 4.69) is 12.1 Å². The maximum absolute atomic E-state index is 13.9. The van der Waals surface area contributed by atoms with E-state index in [1.807, 2.05) is 47.4 Å². The van der Waals surface area contributed by atoms with Crippen LogP contribution in [0.25, 0.3) is 0 Å². The van der Waals surface area contributed by atoms with Gasteiger partial charge in [-0.2, -0.15) is 0 Å². The average molecular weight is 396 g/mol. The van der Waals surface area contributed by atoms with Crippen LogP contribution < -0.4 is 4.90 Å². The van der Waals surface area contributed by atoms with Gasteiger partial charge in [0.1, 0.15) is 5.82 Å². The molecule has 0 aromatic heterocycles. The number of nitrogens with zero attached hydrogens (tertiary/aromatic N) is 1. The molecular weight excluding hydrogens is 377 g/mol. The van der Waals surface area contributed by atoms with Crippen molar-refractivity contribution in [2.24, 2.45) is 0 Å². The van der Waals surface area contributed by atoms with Gasteiger partial charge >= 0.3 is 0 Å². The second kappa shape index (κ2) is 8.19. The first-order chi connectivity index (χ1) is 13.2. The van der Waals surface area contributed by atoms with Crippen LogP contribution in [-0.2, 0) is 4.79 Å². The first kappa shape index (κ1) is 18.1. The Balaban J connectivity index is 1.63. The largest absolute Gasteiger partial charge is 0.302 e. The molecule has 0 radical (unpaired) electrons. The van der Waals surface area contributed by atoms with Crippen molar-refractivity contribution in [3.63, 3.8) is 0 Å². The average Bonchev–Trinajstić information content (AvgIpc) is 2.72. The van der Waals surface area contributed by atoms with Gasteiger partial charge in [-0.3, -0.25) is 4.79 Å². The summed E-state index contributed by atoms with van der Waals surface area (Å²) in [4.78, 5) is 16.7. The van der Waals surface area contributed by atoms with E-state index in [1.54, 1.807) is 30.0 Å². The first-order valence-corrected chi connectivity index (χ1v) is 10.7. The molecule has 136 valence electrons. The van der Waals surface area contributed by atoms with Gasteiger partial charge in [0, 0.05) is 15.5 Å². The number of benzene rings is 3. The van der Waals surface area contributed by atoms with Crippen molar-refractivity contribution in [1.29, 1.82) is 0 Å². The summed E-state index contributed by atoms with van der Waals surface area (Å²) in [6, 6.07) is 24.6. The highest BCUT2D eigenvalue weighted by atomic mass is 32.2. The monoisotopic (exact) mass is 395 g/mol. The number of carbonyl (C=O) groups is 1. The summed E-state index contributed by atoms with van der Waals surface area (Å²) in [5.74, 6) is 0.704. The van der Waals surface area contributed by atoms with Crippen molar-refractivity contribution in [2.45, 2.75) is 15.8 Å². The Morgan fingerprint density at radius 2 is 1.70 bits per heavy atom. The van der Waals surface area contributed by atoms with Crippen molar-refractivity contribution in [1.82, 2.24) is 0 Å². The third-order valence-corrected chi connectivity index (χ3v) is 6.65. The molecule has 1 atom stereocenters. The molecule has 0 spiro atoms. The van der Waals surface area contributed by atoms with E-state index in [9.17, 15) is 9.18 Å². The zero-order valence-electron chi connectivity index (χ0n) is 14.5. The van der Waals surface area contributed by atoms with Crippen LogP contribution in [0.5, 0.6) is 0 Å². The molecular formula is C22H18FNOS2. The summed E-state index contributed by atoms with van der Waals surface area (Å²) < 4.78 is 13.9. The second-order valence-electron chi connectivity index (χ2n) is 6.19. The molecule has 1 aliphatic rings. The van der Waals surface area contributed by atoms with E-state index in [1.165, 1.54) is 17.8 Å². The number of para-hydroxylation sites is 1. The van der Waals surface area contributed by atoms with Crippen LogP contribution >= 0.6 is 23.5 Å². The lowest BCUT2D eigenvalue weighted by molar-refractivity contribution is -0.116. The summed E-state index contributed by atoms with van der Waals surface area (Å²) in [7, 11) is 0. The van der Waals surface area contributed by atoms with Crippen molar-refractivity contribution in [3.05, 3.63) is 90.2 Å². The predicted molar refractivity (Wildman–Crippen MR) is 111 cm³/mol. The van der Waals surface area contributed by atoms with Crippen LogP contribution in [0.4, 0.5) is 10.1 Å². The number of amides is 1. The summed E-state index contributed by atoms with van der Waals surface area (Å²) in [5.41, 5.74) is 2.05. The summed E-state index contributed by atoms with van der Waals surface area (Å²) in [6.07, 6.45) is 0. The van der Waals surface area contributed by atoms with Crippen molar-refractivity contribution < 1.29 is 9.18 Å². The van der Waals surface area contributed by atoms with E-state index < -0.39 is 0 Å². The number of halogens is 1. The maximum Gasteiger partial charge on any atom is 0.237 e. The van der Waals surface area contributed by atoms with E-state index >= 15 is 0 Å². The van der Waals surface area contributed by atoms with Gasteiger partial charge in [0.15, 0.2) is 0 Å². The molecule has 27 heavy (non-hydrogen) atoms. The van der Waals surface area contributed by atoms with Crippen molar-refractivity contribution in [3.8, 4) is 0 Å². The molecule has 5 heteroatoms. The van der Waals surface area contributed by atoms with Gasteiger partial charge in [0.25, 0.3) is 0 Å². The van der Waals surface area contributed by atoms with Gasteiger partial charge in [0.05, 0.1) is 17.5 Å². The lowest BCUT2D eigenvalue weighted by Crippen LogP contribution is -2.39. The van der Waals surface area contributed by atoms with Crippen LogP contribution in [-0.4, -0.2) is 17.4 Å². The fourth-order valence-electron chi connectivity index (χ4n) is 3.19. The Morgan fingerprint density at radius 1 is 1.00 bits per heavy atom. The number of thioether (sulfide) groups is 2. The molecule has 0 bridgehead atoms. The van der Waals surface area contributed by atoms with Gasteiger partial charge in [-0.15, -0.1) is 23.5 Å². The molecule has 0 fully saturated rings. The Bertz CT molecular complexity index is 948. The van der Waals surface area contributed by atoms with E-state index in [0.29, 0.717) is 4.90 Å². The molecule has 0 aliphatic carbocycles. The molecule has 0 N–H and O–H groups in total. The number of carbonyl (C=O) groups excluding carboxylic acids is 1. The third-order valence-electron chi connectivity index (χ3n) is 4.47. The minimum Gasteiger partial charge on any atom is -0.302 e. The molecule has 1 aliphatic heterocycles. The summed E-state index contributed by atoms with van der Waals surface area (Å²) in [6.45, 7) is 0. The zero-order chi connectivity index (χ0) is 18.6. The minimum atomic E-state index is -0.287. The van der Waals surface area contributed by atoms with Gasteiger partial charge in [-0.25, -0.2) is 4.39 Å². The molecule has 2 nitrogen and oxygen atoms in total. The highest BCUT2D eigenvalue weighted by molar-refractivity contribution is 8.00. The number of hydrogen-bond acceptors (Lipinski definition) is 3. The van der Waals surface area contributed by atoms with Crippen LogP contribution in [0.15, 0.2) is 88.7 Å². The van der Waals surface area contributed by atoms with Crippen molar-refractivity contribution in [2.75, 3.05) is 16.4 Å². The number of hydrogen-bond donors (Lipinski definition) is 0. The molecule has 3 aromatic carbocycles. The Labute approximate surface area is 166 Å². The van der Waals surface area contributed by atoms with Crippen LogP contribution in [0.1, 0.15) is 11.6 Å². The highest BCUT2D eigenvalue weighted by Gasteiger charge is 2.32. The predicted octanol–water partition coefficient (Wildman–Crippen LogP) is 5.80. The third kappa shape index (κ3) is 3.89. The molecule has 4 rings (SSSR count). The minimum absolute atomic E-state index is 0.00939. The Hall–Kier alpha value is -2.24. The van der Waals surface area contributed by atoms with Crippen LogP contribution in [0.2, 0.25) is 0 Å². The number of rotatable bonds is 4. The number of fused-ring (bicyclic) bond motifs is 1. The highest BCUT2D eigenvalue weighted by Crippen LogP contribution is 2.43. The second-order valence-corrected chi connectivity index (χ2v) is 8.27. The SMILES string of the molecule is O=C(CSc1ccccc1F)N1c2ccccc2SC[C@@H]1c1ccccc1. The molecule has 0 saturated heterocycles. The maximum atomic E-state index is 13.9. The lowest BCUT2D eigenvalue weighted by atomic mass is 10.1. The fraction of sp³-hybridized carbons (Fsp3) is 0.136. The standard InChI is InChI=1S/C22H18FNOS2/c23-17-10-4-6-12-20(17)27-15-22(25)24-18-11-5-7-13-21(18)26-14-19(24)16-8-2-1-3-9-16/h1-13,19H,14-15H2/t19-/m1/s1. The van der Waals surface area contributed by atoms with Gasteiger partial charge in [-0.1, -0.05) is 54.6 Å². The van der Waals surface area contributed by atoms with Gasteiger partial charge in [0.2, 0.25) is 5.91 Å². The topological polar surface area (TPSA) is 20.3 Å². The van der Waals surface area contributed by atoms with E-state index in [0.717, 1.165) is 21.9 Å². The molecule has 3 aromatic rings. The van der Waals surface area contributed by atoms with Crippen LogP contribution in [0, 0.1) is 5.82 Å². The van der Waals surface area contributed by atoms with E-state index in [-0.39, 0.29) is 23.5 Å². The van der Waals surface area contributed by atoms with E-state index in [4.69, 9.17) is 0 Å². The van der Waals surface area contributed by atoms with Crippen LogP contribution in [0.3, 0.4) is 0 Å². The van der Waals surface area contributed by atoms with Crippen molar-refractivity contribution >= 4 is 35.1 Å². The Morgan fingerprint density at radius 3 is 2.52 bits per heavy atom. The number of anilines is 1. The quantitative estimate of drug-likeness (QED) is 0.521. The molecule has 1 heterocycles. The normalized spacial score (nSPS) is 16.0. The van der Waals surface area contributed by atoms with Gasteiger partial charge in [-0.05, 0) is 29.8 Å². The Kier molecular flexibility index (Phi) is 5.50. The smallest absolute Gasteiger partial charge is 0.237 e. The fourth-order valence-corrected chi connectivity index (χ4v) is 5.16. The lowest BCUT2D eigenvalue weighted by Gasteiger charge is -2.37.